The number of anilines is 1. The molecular formula is C22H35N3O3S. The van der Waals surface area contributed by atoms with E-state index in [4.69, 9.17) is 0 Å². The molecule has 0 saturated carbocycles. The number of benzene rings is 1. The molecule has 0 radical (unpaired) electrons. The molecule has 0 bridgehead atoms. The van der Waals surface area contributed by atoms with Crippen LogP contribution in [0.5, 0.6) is 0 Å². The molecule has 1 aromatic carbocycles. The topological polar surface area (TPSA) is 60.9 Å². The van der Waals surface area contributed by atoms with Crippen molar-refractivity contribution in [3.63, 3.8) is 0 Å². The summed E-state index contributed by atoms with van der Waals surface area (Å²) in [6, 6.07) is 6.26. The van der Waals surface area contributed by atoms with Gasteiger partial charge in [0.2, 0.25) is 5.91 Å². The number of piperazine rings is 1. The van der Waals surface area contributed by atoms with Gasteiger partial charge in [0.05, 0.1) is 18.1 Å². The van der Waals surface area contributed by atoms with E-state index in [0.717, 1.165) is 26.2 Å². The van der Waals surface area contributed by atoms with Crippen LogP contribution >= 0.6 is 0 Å². The molecule has 0 spiro atoms. The van der Waals surface area contributed by atoms with Gasteiger partial charge in [-0.05, 0) is 43.4 Å². The maximum Gasteiger partial charge on any atom is 0.237 e. The lowest BCUT2D eigenvalue weighted by Crippen LogP contribution is -2.52. The predicted molar refractivity (Wildman–Crippen MR) is 118 cm³/mol. The molecule has 2 fully saturated rings. The van der Waals surface area contributed by atoms with E-state index < -0.39 is 9.84 Å². The van der Waals surface area contributed by atoms with Crippen LogP contribution in [-0.4, -0.2) is 80.9 Å². The van der Waals surface area contributed by atoms with E-state index in [2.05, 4.69) is 55.7 Å². The van der Waals surface area contributed by atoms with Crippen LogP contribution in [0, 0.1) is 19.8 Å². The number of rotatable bonds is 6. The van der Waals surface area contributed by atoms with E-state index in [9.17, 15) is 13.2 Å². The zero-order valence-electron chi connectivity index (χ0n) is 18.2. The molecule has 2 saturated heterocycles. The lowest BCUT2D eigenvalue weighted by molar-refractivity contribution is -0.135. The van der Waals surface area contributed by atoms with Gasteiger partial charge in [-0.15, -0.1) is 0 Å². The van der Waals surface area contributed by atoms with Crippen LogP contribution in [0.1, 0.15) is 31.4 Å². The third-order valence-corrected chi connectivity index (χ3v) is 7.93. The van der Waals surface area contributed by atoms with Crippen molar-refractivity contribution in [1.82, 2.24) is 9.80 Å². The second kappa shape index (κ2) is 9.04. The van der Waals surface area contributed by atoms with Crippen LogP contribution in [0.15, 0.2) is 18.2 Å². The number of nitrogens with zero attached hydrogens (tertiary/aromatic N) is 3. The van der Waals surface area contributed by atoms with Crippen molar-refractivity contribution in [2.45, 2.75) is 40.2 Å². The number of carbonyl (C=O) groups excluding carboxylic acids is 1. The number of carbonyl (C=O) groups is 1. The van der Waals surface area contributed by atoms with Crippen molar-refractivity contribution >= 4 is 21.4 Å². The Kier molecular flexibility index (Phi) is 6.89. The summed E-state index contributed by atoms with van der Waals surface area (Å²) >= 11 is 0. The first-order valence-corrected chi connectivity index (χ1v) is 12.5. The molecule has 0 unspecified atom stereocenters. The average molecular weight is 422 g/mol. The largest absolute Gasteiger partial charge is 0.369 e. The molecule has 7 heteroatoms. The number of aryl methyl sites for hydroxylation is 1. The maximum absolute atomic E-state index is 13.1. The van der Waals surface area contributed by atoms with Crippen LogP contribution in [0.4, 0.5) is 5.69 Å². The smallest absolute Gasteiger partial charge is 0.237 e. The van der Waals surface area contributed by atoms with Crippen LogP contribution in [0.2, 0.25) is 0 Å². The van der Waals surface area contributed by atoms with Crippen LogP contribution in [0.25, 0.3) is 0 Å². The van der Waals surface area contributed by atoms with E-state index in [1.807, 2.05) is 4.90 Å². The molecule has 0 aromatic heterocycles. The summed E-state index contributed by atoms with van der Waals surface area (Å²) in [4.78, 5) is 19.5. The van der Waals surface area contributed by atoms with Crippen LogP contribution in [0.3, 0.4) is 0 Å². The monoisotopic (exact) mass is 421 g/mol. The van der Waals surface area contributed by atoms with Gasteiger partial charge in [-0.2, -0.15) is 0 Å². The minimum absolute atomic E-state index is 0.0704. The van der Waals surface area contributed by atoms with Crippen LogP contribution in [-0.2, 0) is 14.6 Å². The molecule has 29 heavy (non-hydrogen) atoms. The standard InChI is InChI=1S/C22H35N3O3S/c1-17(2)14-25(20-8-13-29(27,28)16-20)22(26)15-23-9-11-24(12-10-23)21-7-5-6-18(3)19(21)4/h5-7,17,20H,8-16H2,1-4H3/t20-/m0/s1. The fourth-order valence-corrected chi connectivity index (χ4v) is 6.11. The summed E-state index contributed by atoms with van der Waals surface area (Å²) in [5, 5.41) is 0. The Balaban J connectivity index is 1.59. The van der Waals surface area contributed by atoms with Crippen molar-refractivity contribution in [2.75, 3.05) is 55.7 Å². The summed E-state index contributed by atoms with van der Waals surface area (Å²) in [7, 11) is -3.00. The van der Waals surface area contributed by atoms with Crippen molar-refractivity contribution < 1.29 is 13.2 Å². The van der Waals surface area contributed by atoms with E-state index in [1.165, 1.54) is 16.8 Å². The molecule has 3 rings (SSSR count). The van der Waals surface area contributed by atoms with Gasteiger partial charge < -0.3 is 9.80 Å². The van der Waals surface area contributed by atoms with Crippen LogP contribution < -0.4 is 4.90 Å². The third kappa shape index (κ3) is 5.51. The quantitative estimate of drug-likeness (QED) is 0.704. The summed E-state index contributed by atoms with van der Waals surface area (Å²) in [6.07, 6.45) is 0.571. The van der Waals surface area contributed by atoms with Crippen molar-refractivity contribution in [2.24, 2.45) is 5.92 Å². The first-order chi connectivity index (χ1) is 13.7. The molecule has 1 aromatic rings. The fraction of sp³-hybridized carbons (Fsp3) is 0.682. The Morgan fingerprint density at radius 2 is 1.86 bits per heavy atom. The molecule has 2 aliphatic heterocycles. The molecule has 1 amide bonds. The Hall–Kier alpha value is -1.60. The number of hydrogen-bond acceptors (Lipinski definition) is 5. The first-order valence-electron chi connectivity index (χ1n) is 10.7. The van der Waals surface area contributed by atoms with Crippen molar-refractivity contribution in [1.29, 1.82) is 0 Å². The Morgan fingerprint density at radius 1 is 1.17 bits per heavy atom. The first kappa shape index (κ1) is 22.1. The zero-order valence-corrected chi connectivity index (χ0v) is 19.0. The van der Waals surface area contributed by atoms with Gasteiger partial charge >= 0.3 is 0 Å². The highest BCUT2D eigenvalue weighted by molar-refractivity contribution is 7.91. The van der Waals surface area contributed by atoms with Gasteiger partial charge in [0, 0.05) is 44.5 Å². The minimum Gasteiger partial charge on any atom is -0.369 e. The third-order valence-electron chi connectivity index (χ3n) is 6.18. The van der Waals surface area contributed by atoms with Gasteiger partial charge in [-0.1, -0.05) is 26.0 Å². The van der Waals surface area contributed by atoms with Gasteiger partial charge in [0.15, 0.2) is 9.84 Å². The van der Waals surface area contributed by atoms with Gasteiger partial charge in [0.1, 0.15) is 0 Å². The van der Waals surface area contributed by atoms with Crippen molar-refractivity contribution in [3.05, 3.63) is 29.3 Å². The number of sulfone groups is 1. The summed E-state index contributed by atoms with van der Waals surface area (Å²) in [5.74, 6) is 0.712. The molecule has 2 heterocycles. The molecular weight excluding hydrogens is 386 g/mol. The number of amides is 1. The maximum atomic E-state index is 13.1. The Labute approximate surface area is 175 Å². The summed E-state index contributed by atoms with van der Waals surface area (Å²) in [6.45, 7) is 13.0. The average Bonchev–Trinajstić information content (AvgIpc) is 3.02. The Morgan fingerprint density at radius 3 is 2.45 bits per heavy atom. The second-order valence-electron chi connectivity index (χ2n) is 8.98. The highest BCUT2D eigenvalue weighted by Crippen LogP contribution is 2.24. The van der Waals surface area contributed by atoms with Gasteiger partial charge in [-0.25, -0.2) is 8.42 Å². The lowest BCUT2D eigenvalue weighted by atomic mass is 10.1. The molecule has 1 atom stereocenters. The van der Waals surface area contributed by atoms with E-state index in [-0.39, 0.29) is 23.5 Å². The number of hydrogen-bond donors (Lipinski definition) is 0. The molecule has 2 aliphatic rings. The highest BCUT2D eigenvalue weighted by atomic mass is 32.2. The Bertz CT molecular complexity index is 830. The predicted octanol–water partition coefficient (Wildman–Crippen LogP) is 2.10. The lowest BCUT2D eigenvalue weighted by Gasteiger charge is -2.38. The highest BCUT2D eigenvalue weighted by Gasteiger charge is 2.35. The molecule has 0 aliphatic carbocycles. The molecule has 6 nitrogen and oxygen atoms in total. The molecule has 0 N–H and O–H groups in total. The van der Waals surface area contributed by atoms with E-state index in [1.54, 1.807) is 0 Å². The van der Waals surface area contributed by atoms with Gasteiger partial charge in [0.25, 0.3) is 0 Å². The van der Waals surface area contributed by atoms with Crippen molar-refractivity contribution in [3.8, 4) is 0 Å². The van der Waals surface area contributed by atoms with E-state index >= 15 is 0 Å². The SMILES string of the molecule is Cc1cccc(N2CCN(CC(=O)N(CC(C)C)[C@H]3CCS(=O)(=O)C3)CC2)c1C. The molecule has 162 valence electrons. The summed E-state index contributed by atoms with van der Waals surface area (Å²) < 4.78 is 23.8. The van der Waals surface area contributed by atoms with E-state index in [0.29, 0.717) is 25.4 Å². The second-order valence-corrected chi connectivity index (χ2v) is 11.2. The minimum atomic E-state index is -3.00. The van der Waals surface area contributed by atoms with Gasteiger partial charge in [-0.3, -0.25) is 9.69 Å². The summed E-state index contributed by atoms with van der Waals surface area (Å²) in [5.41, 5.74) is 3.91. The normalized spacial score (nSPS) is 22.2. The zero-order chi connectivity index (χ0) is 21.2. The fourth-order valence-electron chi connectivity index (χ4n) is 4.38.